The lowest BCUT2D eigenvalue weighted by Gasteiger charge is -2.25. The third kappa shape index (κ3) is 3.65. The first-order valence-electron chi connectivity index (χ1n) is 5.96. The van der Waals surface area contributed by atoms with Crippen molar-refractivity contribution in [2.75, 3.05) is 6.61 Å². The molecule has 0 aromatic rings. The van der Waals surface area contributed by atoms with Gasteiger partial charge in [0.2, 0.25) is 0 Å². The molecule has 1 aliphatic carbocycles. The predicted octanol–water partition coefficient (Wildman–Crippen LogP) is 1.91. The number of nitrogens with one attached hydrogen (secondary N) is 1. The van der Waals surface area contributed by atoms with Crippen molar-refractivity contribution in [3.63, 3.8) is 0 Å². The fraction of sp³-hybridized carbons (Fsp3) is 0.917. The van der Waals surface area contributed by atoms with Gasteiger partial charge in [-0.1, -0.05) is 6.92 Å². The summed E-state index contributed by atoms with van der Waals surface area (Å²) in [6.07, 6.45) is 2.90. The third-order valence-electron chi connectivity index (χ3n) is 2.93. The molecule has 1 aliphatic rings. The number of hydrogen-bond acceptors (Lipinski definition) is 4. The molecule has 0 spiro atoms. The van der Waals surface area contributed by atoms with E-state index in [-0.39, 0.29) is 17.4 Å². The Bertz CT molecular complexity index is 264. The summed E-state index contributed by atoms with van der Waals surface area (Å²) in [4.78, 5) is 0. The van der Waals surface area contributed by atoms with Gasteiger partial charge < -0.3 is 5.11 Å². The van der Waals surface area contributed by atoms with Crippen LogP contribution in [0.5, 0.6) is 0 Å². The van der Waals surface area contributed by atoms with E-state index < -0.39 is 0 Å². The van der Waals surface area contributed by atoms with Crippen molar-refractivity contribution in [1.82, 2.24) is 5.32 Å². The van der Waals surface area contributed by atoms with Crippen LogP contribution >= 0.6 is 11.8 Å². The monoisotopic (exact) mass is 242 g/mol. The second kappa shape index (κ2) is 5.90. The fourth-order valence-electron chi connectivity index (χ4n) is 2.31. The number of aliphatic hydroxyl groups excluding tert-OH is 1. The van der Waals surface area contributed by atoms with E-state index in [0.29, 0.717) is 11.3 Å². The molecule has 1 rings (SSSR count). The van der Waals surface area contributed by atoms with Gasteiger partial charge in [-0.15, -0.1) is 0 Å². The standard InChI is InChI=1S/C12H22N2OS/c1-9(2)14-12(8-13)5-4-11(6-12)16-10(3)7-15/h9-11,14-15H,4-7H2,1-3H3. The van der Waals surface area contributed by atoms with E-state index in [4.69, 9.17) is 5.11 Å². The van der Waals surface area contributed by atoms with Crippen LogP contribution in [0.4, 0.5) is 0 Å². The Labute approximate surface area is 103 Å². The summed E-state index contributed by atoms with van der Waals surface area (Å²) in [5, 5.41) is 22.5. The Balaban J connectivity index is 2.51. The molecule has 0 heterocycles. The lowest BCUT2D eigenvalue weighted by Crippen LogP contribution is -2.45. The maximum atomic E-state index is 9.30. The van der Waals surface area contributed by atoms with Crippen LogP contribution in [0.25, 0.3) is 0 Å². The minimum atomic E-state index is -0.332. The molecule has 0 amide bonds. The minimum absolute atomic E-state index is 0.221. The van der Waals surface area contributed by atoms with Gasteiger partial charge in [-0.25, -0.2) is 0 Å². The molecule has 1 fully saturated rings. The first-order valence-corrected chi connectivity index (χ1v) is 6.91. The molecule has 3 unspecified atom stereocenters. The summed E-state index contributed by atoms with van der Waals surface area (Å²) >= 11 is 1.81. The molecule has 0 aromatic carbocycles. The van der Waals surface area contributed by atoms with Gasteiger partial charge in [-0.2, -0.15) is 17.0 Å². The van der Waals surface area contributed by atoms with Crippen molar-refractivity contribution in [1.29, 1.82) is 5.26 Å². The molecule has 0 saturated heterocycles. The molecule has 4 heteroatoms. The Hall–Kier alpha value is -0.240. The zero-order valence-electron chi connectivity index (χ0n) is 10.4. The van der Waals surface area contributed by atoms with E-state index >= 15 is 0 Å². The van der Waals surface area contributed by atoms with Crippen LogP contribution in [0.3, 0.4) is 0 Å². The molecule has 0 aromatic heterocycles. The molecule has 1 saturated carbocycles. The summed E-state index contributed by atoms with van der Waals surface area (Å²) in [7, 11) is 0. The molecule has 0 aliphatic heterocycles. The highest BCUT2D eigenvalue weighted by Crippen LogP contribution is 2.38. The van der Waals surface area contributed by atoms with Gasteiger partial charge in [0, 0.05) is 16.5 Å². The van der Waals surface area contributed by atoms with Crippen LogP contribution in [0, 0.1) is 11.3 Å². The van der Waals surface area contributed by atoms with E-state index in [0.717, 1.165) is 19.3 Å². The van der Waals surface area contributed by atoms with E-state index in [1.54, 1.807) is 0 Å². The van der Waals surface area contributed by atoms with Gasteiger partial charge >= 0.3 is 0 Å². The number of nitrogens with zero attached hydrogens (tertiary/aromatic N) is 1. The van der Waals surface area contributed by atoms with Crippen molar-refractivity contribution in [2.24, 2.45) is 0 Å². The molecule has 3 nitrogen and oxygen atoms in total. The highest BCUT2D eigenvalue weighted by molar-refractivity contribution is 8.00. The maximum absolute atomic E-state index is 9.30. The Morgan fingerprint density at radius 2 is 2.25 bits per heavy atom. The highest BCUT2D eigenvalue weighted by atomic mass is 32.2. The molecule has 3 atom stereocenters. The predicted molar refractivity (Wildman–Crippen MR) is 68.4 cm³/mol. The molecule has 0 bridgehead atoms. The number of rotatable bonds is 5. The van der Waals surface area contributed by atoms with Crippen LogP contribution in [-0.4, -0.2) is 33.8 Å². The van der Waals surface area contributed by atoms with Gasteiger partial charge in [-0.3, -0.25) is 5.32 Å². The number of thioether (sulfide) groups is 1. The quantitative estimate of drug-likeness (QED) is 0.773. The summed E-state index contributed by atoms with van der Waals surface area (Å²) in [5.74, 6) is 0. The van der Waals surface area contributed by atoms with Gasteiger partial charge in [0.15, 0.2) is 0 Å². The molecular weight excluding hydrogens is 220 g/mol. The van der Waals surface area contributed by atoms with E-state index in [1.165, 1.54) is 0 Å². The van der Waals surface area contributed by atoms with Gasteiger partial charge in [0.1, 0.15) is 5.54 Å². The van der Waals surface area contributed by atoms with Gasteiger partial charge in [-0.05, 0) is 33.1 Å². The lowest BCUT2D eigenvalue weighted by atomic mass is 9.99. The Morgan fingerprint density at radius 3 is 2.75 bits per heavy atom. The van der Waals surface area contributed by atoms with E-state index in [1.807, 2.05) is 18.7 Å². The third-order valence-corrected chi connectivity index (χ3v) is 4.33. The first kappa shape index (κ1) is 13.8. The second-order valence-corrected chi connectivity index (χ2v) is 6.73. The van der Waals surface area contributed by atoms with Crippen LogP contribution in [0.1, 0.15) is 40.0 Å². The lowest BCUT2D eigenvalue weighted by molar-refractivity contribution is 0.299. The SMILES string of the molecule is CC(C)NC1(C#N)CCC(SC(C)CO)C1. The number of nitriles is 1. The number of hydrogen-bond donors (Lipinski definition) is 2. The minimum Gasteiger partial charge on any atom is -0.395 e. The summed E-state index contributed by atoms with van der Waals surface area (Å²) in [6, 6.07) is 2.79. The molecular formula is C12H22N2OS. The summed E-state index contributed by atoms with van der Waals surface area (Å²) in [5.41, 5.74) is -0.332. The van der Waals surface area contributed by atoms with Crippen LogP contribution < -0.4 is 5.32 Å². The van der Waals surface area contributed by atoms with Crippen LogP contribution in [0.2, 0.25) is 0 Å². The fourth-order valence-corrected chi connectivity index (χ4v) is 3.68. The van der Waals surface area contributed by atoms with E-state index in [2.05, 4.69) is 25.2 Å². The van der Waals surface area contributed by atoms with Crippen molar-refractivity contribution >= 4 is 11.8 Å². The Morgan fingerprint density at radius 1 is 1.56 bits per heavy atom. The highest BCUT2D eigenvalue weighted by Gasteiger charge is 2.40. The molecule has 0 radical (unpaired) electrons. The zero-order valence-corrected chi connectivity index (χ0v) is 11.2. The van der Waals surface area contributed by atoms with Gasteiger partial charge in [0.25, 0.3) is 0 Å². The van der Waals surface area contributed by atoms with Crippen molar-refractivity contribution in [2.45, 2.75) is 62.1 Å². The average Bonchev–Trinajstić information content (AvgIpc) is 2.61. The largest absolute Gasteiger partial charge is 0.395 e. The maximum Gasteiger partial charge on any atom is 0.108 e. The zero-order chi connectivity index (χ0) is 12.2. The van der Waals surface area contributed by atoms with Crippen LogP contribution in [0.15, 0.2) is 0 Å². The van der Waals surface area contributed by atoms with Crippen molar-refractivity contribution < 1.29 is 5.11 Å². The second-order valence-electron chi connectivity index (χ2n) is 4.99. The summed E-state index contributed by atoms with van der Waals surface area (Å²) < 4.78 is 0. The van der Waals surface area contributed by atoms with E-state index in [9.17, 15) is 5.26 Å². The normalized spacial score (nSPS) is 31.6. The molecule has 2 N–H and O–H groups in total. The topological polar surface area (TPSA) is 56.0 Å². The molecule has 16 heavy (non-hydrogen) atoms. The van der Waals surface area contributed by atoms with Gasteiger partial charge in [0.05, 0.1) is 12.7 Å². The summed E-state index contributed by atoms with van der Waals surface area (Å²) in [6.45, 7) is 6.41. The Kier molecular flexibility index (Phi) is 5.10. The van der Waals surface area contributed by atoms with Crippen LogP contribution in [-0.2, 0) is 0 Å². The van der Waals surface area contributed by atoms with Crippen molar-refractivity contribution in [3.05, 3.63) is 0 Å². The average molecular weight is 242 g/mol. The number of aliphatic hydroxyl groups is 1. The first-order chi connectivity index (χ1) is 7.51. The smallest absolute Gasteiger partial charge is 0.108 e. The molecule has 92 valence electrons. The van der Waals surface area contributed by atoms with Crippen molar-refractivity contribution in [3.8, 4) is 6.07 Å².